The number of ether oxygens (including phenoxy) is 1. The minimum absolute atomic E-state index is 0.0572. The molecule has 5 heteroatoms. The zero-order chi connectivity index (χ0) is 10.7. The predicted molar refractivity (Wildman–Crippen MR) is 57.3 cm³/mol. The van der Waals surface area contributed by atoms with Crippen molar-refractivity contribution in [2.24, 2.45) is 0 Å². The Kier molecular flexibility index (Phi) is 2.90. The summed E-state index contributed by atoms with van der Waals surface area (Å²) in [5, 5.41) is 7.75. The van der Waals surface area contributed by atoms with Gasteiger partial charge in [0.2, 0.25) is 0 Å². The van der Waals surface area contributed by atoms with Crippen LogP contribution in [0.2, 0.25) is 0 Å². The molecule has 0 bridgehead atoms. The topological polar surface area (TPSA) is 66.0 Å². The van der Waals surface area contributed by atoms with Crippen molar-refractivity contribution in [3.63, 3.8) is 0 Å². The van der Waals surface area contributed by atoms with Gasteiger partial charge in [0.15, 0.2) is 5.82 Å². The molecule has 1 aromatic rings. The number of nitrogens with two attached hydrogens (primary N) is 1. The van der Waals surface area contributed by atoms with E-state index >= 15 is 0 Å². The molecule has 1 aliphatic rings. The number of nitrogen functional groups attached to an aromatic ring is 1. The largest absolute Gasteiger partial charge is 0.381 e. The molecule has 1 heterocycles. The van der Waals surface area contributed by atoms with Crippen LogP contribution in [0, 0.1) is 0 Å². The third-order valence-corrected chi connectivity index (χ3v) is 3.20. The van der Waals surface area contributed by atoms with Gasteiger partial charge in [0.05, 0.1) is 18.3 Å². The zero-order valence-corrected chi connectivity index (χ0v) is 9.15. The molecule has 1 fully saturated rings. The number of aromatic nitrogens is 3. The van der Waals surface area contributed by atoms with Crippen molar-refractivity contribution < 1.29 is 4.74 Å². The lowest BCUT2D eigenvalue weighted by atomic mass is 9.84. The summed E-state index contributed by atoms with van der Waals surface area (Å²) in [6.45, 7) is 0.758. The van der Waals surface area contributed by atoms with E-state index in [1.54, 1.807) is 18.0 Å². The summed E-state index contributed by atoms with van der Waals surface area (Å²) in [6, 6.07) is 0. The van der Waals surface area contributed by atoms with Gasteiger partial charge in [0, 0.05) is 7.11 Å². The van der Waals surface area contributed by atoms with Crippen LogP contribution in [-0.4, -0.2) is 27.7 Å². The second-order valence-electron chi connectivity index (χ2n) is 4.29. The van der Waals surface area contributed by atoms with Crippen molar-refractivity contribution in [2.75, 3.05) is 12.8 Å². The van der Waals surface area contributed by atoms with Crippen LogP contribution >= 0.6 is 0 Å². The van der Waals surface area contributed by atoms with E-state index in [0.717, 1.165) is 19.4 Å². The predicted octanol–water partition coefficient (Wildman–Crippen LogP) is 1.21. The quantitative estimate of drug-likeness (QED) is 0.814. The van der Waals surface area contributed by atoms with Crippen molar-refractivity contribution >= 4 is 5.82 Å². The van der Waals surface area contributed by atoms with Crippen molar-refractivity contribution in [3.8, 4) is 0 Å². The Balaban J connectivity index is 2.06. The molecule has 0 atom stereocenters. The Morgan fingerprint density at radius 1 is 1.47 bits per heavy atom. The second-order valence-corrected chi connectivity index (χ2v) is 4.29. The molecule has 0 saturated heterocycles. The third-order valence-electron chi connectivity index (χ3n) is 3.20. The molecule has 2 N–H and O–H groups in total. The molecule has 0 amide bonds. The van der Waals surface area contributed by atoms with Gasteiger partial charge in [0.1, 0.15) is 0 Å². The molecule has 15 heavy (non-hydrogen) atoms. The first kappa shape index (κ1) is 10.4. The van der Waals surface area contributed by atoms with E-state index in [9.17, 15) is 0 Å². The van der Waals surface area contributed by atoms with E-state index in [4.69, 9.17) is 10.5 Å². The van der Waals surface area contributed by atoms with Crippen LogP contribution in [0.1, 0.15) is 32.1 Å². The monoisotopic (exact) mass is 210 g/mol. The van der Waals surface area contributed by atoms with Gasteiger partial charge in [-0.05, 0) is 12.8 Å². The lowest BCUT2D eigenvalue weighted by Gasteiger charge is -2.35. The smallest absolute Gasteiger partial charge is 0.165 e. The molecule has 0 aromatic carbocycles. The summed E-state index contributed by atoms with van der Waals surface area (Å²) < 4.78 is 7.44. The number of nitrogens with zero attached hydrogens (tertiary/aromatic N) is 3. The van der Waals surface area contributed by atoms with Crippen molar-refractivity contribution in [1.29, 1.82) is 0 Å². The normalized spacial score (nSPS) is 20.3. The molecule has 5 nitrogen and oxygen atoms in total. The van der Waals surface area contributed by atoms with Crippen LogP contribution < -0.4 is 5.73 Å². The van der Waals surface area contributed by atoms with Crippen LogP contribution in [0.15, 0.2) is 6.20 Å². The lowest BCUT2D eigenvalue weighted by molar-refractivity contribution is -0.0543. The standard InChI is InChI=1S/C10H18N4O/c1-15-10(5-3-2-4-6-10)8-14-7-9(11)12-13-14/h7H,2-6,8,11H2,1H3. The van der Waals surface area contributed by atoms with Crippen molar-refractivity contribution in [1.82, 2.24) is 15.0 Å². The number of rotatable bonds is 3. The average molecular weight is 210 g/mol. The molecule has 1 aliphatic carbocycles. The first-order chi connectivity index (χ1) is 7.24. The molecular weight excluding hydrogens is 192 g/mol. The fourth-order valence-corrected chi connectivity index (χ4v) is 2.31. The third kappa shape index (κ3) is 2.28. The van der Waals surface area contributed by atoms with Gasteiger partial charge in [-0.3, -0.25) is 0 Å². The van der Waals surface area contributed by atoms with E-state index in [1.807, 2.05) is 0 Å². The molecule has 0 spiro atoms. The van der Waals surface area contributed by atoms with Crippen LogP contribution in [0.3, 0.4) is 0 Å². The van der Waals surface area contributed by atoms with Crippen LogP contribution in [-0.2, 0) is 11.3 Å². The van der Waals surface area contributed by atoms with E-state index in [0.29, 0.717) is 5.82 Å². The Hall–Kier alpha value is -1.10. The van der Waals surface area contributed by atoms with Crippen molar-refractivity contribution in [2.45, 2.75) is 44.2 Å². The zero-order valence-electron chi connectivity index (χ0n) is 9.15. The molecule has 0 unspecified atom stereocenters. The maximum absolute atomic E-state index is 5.66. The van der Waals surface area contributed by atoms with Crippen LogP contribution in [0.4, 0.5) is 5.82 Å². The lowest BCUT2D eigenvalue weighted by Crippen LogP contribution is -2.38. The van der Waals surface area contributed by atoms with Gasteiger partial charge >= 0.3 is 0 Å². The highest BCUT2D eigenvalue weighted by Gasteiger charge is 2.32. The number of methoxy groups -OCH3 is 1. The van der Waals surface area contributed by atoms with Crippen LogP contribution in [0.25, 0.3) is 0 Å². The minimum Gasteiger partial charge on any atom is -0.381 e. The molecule has 1 aromatic heterocycles. The highest BCUT2D eigenvalue weighted by atomic mass is 16.5. The highest BCUT2D eigenvalue weighted by Crippen LogP contribution is 2.32. The van der Waals surface area contributed by atoms with E-state index in [-0.39, 0.29) is 5.60 Å². The van der Waals surface area contributed by atoms with Gasteiger partial charge in [-0.2, -0.15) is 0 Å². The summed E-state index contributed by atoms with van der Waals surface area (Å²) in [4.78, 5) is 0. The van der Waals surface area contributed by atoms with E-state index in [2.05, 4.69) is 10.3 Å². The van der Waals surface area contributed by atoms with Crippen LogP contribution in [0.5, 0.6) is 0 Å². The summed E-state index contributed by atoms with van der Waals surface area (Å²) >= 11 is 0. The summed E-state index contributed by atoms with van der Waals surface area (Å²) in [7, 11) is 1.78. The molecule has 0 aliphatic heterocycles. The highest BCUT2D eigenvalue weighted by molar-refractivity contribution is 5.19. The Morgan fingerprint density at radius 3 is 2.73 bits per heavy atom. The molecular formula is C10H18N4O. The maximum Gasteiger partial charge on any atom is 0.165 e. The SMILES string of the molecule is COC1(Cn2cc(N)nn2)CCCCC1. The van der Waals surface area contributed by atoms with Crippen molar-refractivity contribution in [3.05, 3.63) is 6.20 Å². The fraction of sp³-hybridized carbons (Fsp3) is 0.800. The summed E-state index contributed by atoms with van der Waals surface area (Å²) in [5.74, 6) is 0.470. The van der Waals surface area contributed by atoms with Gasteiger partial charge < -0.3 is 10.5 Å². The number of anilines is 1. The first-order valence-corrected chi connectivity index (χ1v) is 5.45. The van der Waals surface area contributed by atoms with Gasteiger partial charge in [-0.15, -0.1) is 5.10 Å². The second kappa shape index (κ2) is 4.18. The summed E-state index contributed by atoms with van der Waals surface area (Å²) in [6.07, 6.45) is 7.74. The Bertz CT molecular complexity index is 317. The molecule has 1 saturated carbocycles. The minimum atomic E-state index is -0.0572. The number of hydrogen-bond donors (Lipinski definition) is 1. The van der Waals surface area contributed by atoms with E-state index < -0.39 is 0 Å². The molecule has 84 valence electrons. The molecule has 0 radical (unpaired) electrons. The molecule has 2 rings (SSSR count). The van der Waals surface area contributed by atoms with Gasteiger partial charge in [-0.1, -0.05) is 24.5 Å². The Labute approximate surface area is 89.6 Å². The van der Waals surface area contributed by atoms with E-state index in [1.165, 1.54) is 19.3 Å². The van der Waals surface area contributed by atoms with Gasteiger partial charge in [0.25, 0.3) is 0 Å². The summed E-state index contributed by atoms with van der Waals surface area (Å²) in [5.41, 5.74) is 5.48. The number of hydrogen-bond acceptors (Lipinski definition) is 4. The maximum atomic E-state index is 5.66. The van der Waals surface area contributed by atoms with Gasteiger partial charge in [-0.25, -0.2) is 4.68 Å². The first-order valence-electron chi connectivity index (χ1n) is 5.45. The average Bonchev–Trinajstić information content (AvgIpc) is 2.65. The fourth-order valence-electron chi connectivity index (χ4n) is 2.31. The Morgan fingerprint density at radius 2 is 2.20 bits per heavy atom.